The van der Waals surface area contributed by atoms with Crippen molar-refractivity contribution in [3.8, 4) is 0 Å². The van der Waals surface area contributed by atoms with Crippen LogP contribution in [0.3, 0.4) is 0 Å². The third-order valence-corrected chi connectivity index (χ3v) is 5.51. The van der Waals surface area contributed by atoms with E-state index >= 15 is 0 Å². The van der Waals surface area contributed by atoms with Gasteiger partial charge in [-0.2, -0.15) is 0 Å². The summed E-state index contributed by atoms with van der Waals surface area (Å²) in [4.78, 5) is 21.7. The highest BCUT2D eigenvalue weighted by Crippen LogP contribution is 2.36. The molecule has 1 atom stereocenters. The van der Waals surface area contributed by atoms with Crippen LogP contribution in [0, 0.1) is 5.41 Å². The standard InChI is InChI=1S/C21H31N5O2/c1-15(2)18-11-17(28-24-18)12-21(20(27)22-3)8-10-26(14-21)13-16-7-6-9-23-19(16)25(4)5/h6-7,9,11,15H,8,10,12-14H2,1-5H3,(H,22,27)/t21-/m0/s1. The summed E-state index contributed by atoms with van der Waals surface area (Å²) in [7, 11) is 5.71. The van der Waals surface area contributed by atoms with Crippen molar-refractivity contribution in [2.24, 2.45) is 5.41 Å². The van der Waals surface area contributed by atoms with Gasteiger partial charge in [0, 0.05) is 58.5 Å². The molecule has 0 aliphatic carbocycles. The van der Waals surface area contributed by atoms with Crippen molar-refractivity contribution in [3.05, 3.63) is 41.4 Å². The first kappa shape index (κ1) is 20.3. The van der Waals surface area contributed by atoms with Crippen molar-refractivity contribution in [2.45, 2.75) is 39.2 Å². The molecular formula is C21H31N5O2. The normalized spacial score (nSPS) is 19.9. The molecule has 3 heterocycles. The molecule has 0 unspecified atom stereocenters. The van der Waals surface area contributed by atoms with Crippen LogP contribution in [0.5, 0.6) is 0 Å². The predicted octanol–water partition coefficient (Wildman–Crippen LogP) is 2.44. The minimum absolute atomic E-state index is 0.0662. The molecular weight excluding hydrogens is 354 g/mol. The first-order chi connectivity index (χ1) is 13.3. The van der Waals surface area contributed by atoms with Crippen molar-refractivity contribution < 1.29 is 9.32 Å². The lowest BCUT2D eigenvalue weighted by Gasteiger charge is -2.27. The number of anilines is 1. The largest absolute Gasteiger partial charge is 0.362 e. The molecule has 1 saturated heterocycles. The smallest absolute Gasteiger partial charge is 0.227 e. The Morgan fingerprint density at radius 1 is 1.43 bits per heavy atom. The van der Waals surface area contributed by atoms with Crippen LogP contribution in [0.1, 0.15) is 43.2 Å². The van der Waals surface area contributed by atoms with Crippen LogP contribution >= 0.6 is 0 Å². The lowest BCUT2D eigenvalue weighted by molar-refractivity contribution is -0.130. The predicted molar refractivity (Wildman–Crippen MR) is 109 cm³/mol. The van der Waals surface area contributed by atoms with E-state index < -0.39 is 5.41 Å². The number of aromatic nitrogens is 2. The van der Waals surface area contributed by atoms with Gasteiger partial charge >= 0.3 is 0 Å². The van der Waals surface area contributed by atoms with Gasteiger partial charge in [-0.1, -0.05) is 25.1 Å². The molecule has 0 spiro atoms. The summed E-state index contributed by atoms with van der Waals surface area (Å²) >= 11 is 0. The van der Waals surface area contributed by atoms with Gasteiger partial charge in [-0.25, -0.2) is 4.98 Å². The third-order valence-electron chi connectivity index (χ3n) is 5.51. The second-order valence-corrected chi connectivity index (χ2v) is 8.25. The van der Waals surface area contributed by atoms with E-state index in [0.29, 0.717) is 18.9 Å². The molecule has 1 N–H and O–H groups in total. The number of pyridine rings is 1. The molecule has 0 aromatic carbocycles. The Balaban J connectivity index is 1.78. The van der Waals surface area contributed by atoms with E-state index in [9.17, 15) is 4.79 Å². The van der Waals surface area contributed by atoms with Gasteiger partial charge in [-0.3, -0.25) is 9.69 Å². The van der Waals surface area contributed by atoms with E-state index in [4.69, 9.17) is 4.52 Å². The first-order valence-electron chi connectivity index (χ1n) is 9.86. The minimum Gasteiger partial charge on any atom is -0.362 e. The number of carbonyl (C=O) groups excluding carboxylic acids is 1. The average molecular weight is 386 g/mol. The Morgan fingerprint density at radius 3 is 2.86 bits per heavy atom. The summed E-state index contributed by atoms with van der Waals surface area (Å²) < 4.78 is 5.55. The van der Waals surface area contributed by atoms with E-state index in [1.165, 1.54) is 5.56 Å². The van der Waals surface area contributed by atoms with Gasteiger partial charge in [0.1, 0.15) is 11.6 Å². The average Bonchev–Trinajstić information content (AvgIpc) is 3.29. The van der Waals surface area contributed by atoms with Crippen LogP contribution in [-0.2, 0) is 17.8 Å². The second kappa shape index (κ2) is 8.31. The summed E-state index contributed by atoms with van der Waals surface area (Å²) in [6.07, 6.45) is 3.17. The zero-order valence-electron chi connectivity index (χ0n) is 17.5. The topological polar surface area (TPSA) is 74.5 Å². The van der Waals surface area contributed by atoms with Crippen molar-refractivity contribution in [2.75, 3.05) is 39.1 Å². The van der Waals surface area contributed by atoms with Crippen molar-refractivity contribution in [1.29, 1.82) is 0 Å². The summed E-state index contributed by atoms with van der Waals surface area (Å²) in [6, 6.07) is 6.06. The highest BCUT2D eigenvalue weighted by Gasteiger charge is 2.45. The van der Waals surface area contributed by atoms with Crippen LogP contribution in [-0.4, -0.2) is 55.2 Å². The van der Waals surface area contributed by atoms with Crippen molar-refractivity contribution >= 4 is 11.7 Å². The summed E-state index contributed by atoms with van der Waals surface area (Å²) in [5.41, 5.74) is 1.60. The molecule has 2 aromatic rings. The molecule has 0 radical (unpaired) electrons. The molecule has 28 heavy (non-hydrogen) atoms. The van der Waals surface area contributed by atoms with Crippen molar-refractivity contribution in [3.63, 3.8) is 0 Å². The Morgan fingerprint density at radius 2 is 2.21 bits per heavy atom. The number of nitrogens with one attached hydrogen (secondary N) is 1. The van der Waals surface area contributed by atoms with E-state index in [2.05, 4.69) is 40.3 Å². The lowest BCUT2D eigenvalue weighted by Crippen LogP contribution is -2.43. The van der Waals surface area contributed by atoms with Gasteiger partial charge in [-0.05, 0) is 24.9 Å². The minimum atomic E-state index is -0.497. The van der Waals surface area contributed by atoms with E-state index in [1.54, 1.807) is 7.05 Å². The number of hydrogen-bond donors (Lipinski definition) is 1. The molecule has 1 fully saturated rings. The van der Waals surface area contributed by atoms with E-state index in [-0.39, 0.29) is 5.91 Å². The SMILES string of the molecule is CNC(=O)[C@]1(Cc2cc(C(C)C)no2)CCN(Cc2cccnc2N(C)C)C1. The summed E-state index contributed by atoms with van der Waals surface area (Å²) in [5.74, 6) is 2.13. The maximum Gasteiger partial charge on any atom is 0.227 e. The van der Waals surface area contributed by atoms with Gasteiger partial charge in [0.25, 0.3) is 0 Å². The number of carbonyl (C=O) groups is 1. The van der Waals surface area contributed by atoms with Crippen molar-refractivity contribution in [1.82, 2.24) is 20.4 Å². The number of rotatable bonds is 7. The second-order valence-electron chi connectivity index (χ2n) is 8.25. The van der Waals surface area contributed by atoms with Gasteiger partial charge in [0.05, 0.1) is 11.1 Å². The van der Waals surface area contributed by atoms with Crippen LogP contribution in [0.2, 0.25) is 0 Å². The summed E-state index contributed by atoms with van der Waals surface area (Å²) in [6.45, 7) is 6.49. The molecule has 1 aliphatic rings. The molecule has 1 amide bonds. The quantitative estimate of drug-likeness (QED) is 0.789. The number of amides is 1. The van der Waals surface area contributed by atoms with Gasteiger partial charge in [0.15, 0.2) is 0 Å². The third kappa shape index (κ3) is 4.19. The van der Waals surface area contributed by atoms with Crippen LogP contribution in [0.15, 0.2) is 28.9 Å². The zero-order valence-corrected chi connectivity index (χ0v) is 17.5. The highest BCUT2D eigenvalue weighted by molar-refractivity contribution is 5.83. The summed E-state index contributed by atoms with van der Waals surface area (Å²) in [5, 5.41) is 7.02. The highest BCUT2D eigenvalue weighted by atomic mass is 16.5. The number of nitrogens with zero attached hydrogens (tertiary/aromatic N) is 4. The molecule has 7 nitrogen and oxygen atoms in total. The maximum atomic E-state index is 12.8. The fourth-order valence-corrected chi connectivity index (χ4v) is 3.98. The number of likely N-dealkylation sites (tertiary alicyclic amines) is 1. The zero-order chi connectivity index (χ0) is 20.3. The van der Waals surface area contributed by atoms with Crippen LogP contribution in [0.25, 0.3) is 0 Å². The molecule has 7 heteroatoms. The van der Waals surface area contributed by atoms with Gasteiger partial charge < -0.3 is 14.7 Å². The molecule has 152 valence electrons. The molecule has 3 rings (SSSR count). The Bertz CT molecular complexity index is 817. The Labute approximate surface area is 167 Å². The van der Waals surface area contributed by atoms with Crippen LogP contribution in [0.4, 0.5) is 5.82 Å². The fourth-order valence-electron chi connectivity index (χ4n) is 3.98. The van der Waals surface area contributed by atoms with Gasteiger partial charge in [0.2, 0.25) is 5.91 Å². The molecule has 1 aliphatic heterocycles. The van der Waals surface area contributed by atoms with E-state index in [1.807, 2.05) is 37.3 Å². The molecule has 2 aromatic heterocycles. The maximum absolute atomic E-state index is 12.8. The monoisotopic (exact) mass is 385 g/mol. The van der Waals surface area contributed by atoms with E-state index in [0.717, 1.165) is 36.8 Å². The lowest BCUT2D eigenvalue weighted by atomic mass is 9.81. The van der Waals surface area contributed by atoms with Gasteiger partial charge in [-0.15, -0.1) is 0 Å². The molecule has 0 bridgehead atoms. The number of hydrogen-bond acceptors (Lipinski definition) is 6. The fraction of sp³-hybridized carbons (Fsp3) is 0.571. The first-order valence-corrected chi connectivity index (χ1v) is 9.86. The Kier molecular flexibility index (Phi) is 6.03. The van der Waals surface area contributed by atoms with Crippen LogP contribution < -0.4 is 10.2 Å². The molecule has 0 saturated carbocycles. The Hall–Kier alpha value is -2.41.